The highest BCUT2D eigenvalue weighted by molar-refractivity contribution is 9.10. The van der Waals surface area contributed by atoms with Gasteiger partial charge in [-0.25, -0.2) is 0 Å². The Morgan fingerprint density at radius 1 is 1.00 bits per heavy atom. The Kier molecular flexibility index (Phi) is 5.83. The third-order valence-electron chi connectivity index (χ3n) is 3.28. The number of ether oxygens (including phenoxy) is 1. The zero-order valence-electron chi connectivity index (χ0n) is 12.8. The SMILES string of the molecule is CC(C)Oc1ccc(CNC(C)c2ccccc2Br)cc1. The molecule has 0 heterocycles. The van der Waals surface area contributed by atoms with E-state index in [0.29, 0.717) is 6.04 Å². The molecule has 0 fully saturated rings. The minimum atomic E-state index is 0.212. The molecule has 0 aliphatic rings. The number of nitrogens with one attached hydrogen (secondary N) is 1. The second kappa shape index (κ2) is 7.62. The summed E-state index contributed by atoms with van der Waals surface area (Å²) in [6, 6.07) is 16.9. The van der Waals surface area contributed by atoms with Gasteiger partial charge in [-0.15, -0.1) is 0 Å². The standard InChI is InChI=1S/C18H22BrNO/c1-13(2)21-16-10-8-15(9-11-16)12-20-14(3)17-6-4-5-7-18(17)19/h4-11,13-14,20H,12H2,1-3H3. The lowest BCUT2D eigenvalue weighted by Gasteiger charge is -2.16. The van der Waals surface area contributed by atoms with Crippen LogP contribution in [0, 0.1) is 0 Å². The van der Waals surface area contributed by atoms with Crippen molar-refractivity contribution in [2.75, 3.05) is 0 Å². The Morgan fingerprint density at radius 3 is 2.29 bits per heavy atom. The van der Waals surface area contributed by atoms with Gasteiger partial charge in [0.15, 0.2) is 0 Å². The van der Waals surface area contributed by atoms with E-state index in [-0.39, 0.29) is 6.10 Å². The maximum atomic E-state index is 5.65. The fourth-order valence-corrected chi connectivity index (χ4v) is 2.79. The van der Waals surface area contributed by atoms with E-state index in [1.54, 1.807) is 0 Å². The summed E-state index contributed by atoms with van der Waals surface area (Å²) in [4.78, 5) is 0. The molecular weight excluding hydrogens is 326 g/mol. The molecule has 0 aliphatic heterocycles. The predicted molar refractivity (Wildman–Crippen MR) is 91.6 cm³/mol. The van der Waals surface area contributed by atoms with Gasteiger partial charge in [0.25, 0.3) is 0 Å². The minimum absolute atomic E-state index is 0.212. The van der Waals surface area contributed by atoms with Crippen LogP contribution in [0.3, 0.4) is 0 Å². The largest absolute Gasteiger partial charge is 0.491 e. The van der Waals surface area contributed by atoms with Crippen molar-refractivity contribution >= 4 is 15.9 Å². The number of hydrogen-bond acceptors (Lipinski definition) is 2. The summed E-state index contributed by atoms with van der Waals surface area (Å²) in [5.41, 5.74) is 2.53. The first-order chi connectivity index (χ1) is 10.1. The summed E-state index contributed by atoms with van der Waals surface area (Å²) in [7, 11) is 0. The molecule has 2 aromatic carbocycles. The number of rotatable bonds is 6. The first-order valence-corrected chi connectivity index (χ1v) is 8.09. The topological polar surface area (TPSA) is 21.3 Å². The molecule has 0 saturated heterocycles. The van der Waals surface area contributed by atoms with Crippen molar-refractivity contribution in [2.45, 2.75) is 39.5 Å². The zero-order valence-corrected chi connectivity index (χ0v) is 14.4. The lowest BCUT2D eigenvalue weighted by Crippen LogP contribution is -2.18. The molecule has 0 aliphatic carbocycles. The van der Waals surface area contributed by atoms with Crippen LogP contribution in [0.2, 0.25) is 0 Å². The van der Waals surface area contributed by atoms with Gasteiger partial charge in [-0.2, -0.15) is 0 Å². The lowest BCUT2D eigenvalue weighted by atomic mass is 10.1. The van der Waals surface area contributed by atoms with E-state index >= 15 is 0 Å². The van der Waals surface area contributed by atoms with Crippen LogP contribution in [0.5, 0.6) is 5.75 Å². The molecule has 0 aromatic heterocycles. The van der Waals surface area contributed by atoms with Crippen LogP contribution in [-0.4, -0.2) is 6.10 Å². The van der Waals surface area contributed by atoms with Crippen LogP contribution >= 0.6 is 15.9 Å². The van der Waals surface area contributed by atoms with E-state index in [1.165, 1.54) is 11.1 Å². The Morgan fingerprint density at radius 2 is 1.67 bits per heavy atom. The van der Waals surface area contributed by atoms with Crippen molar-refractivity contribution in [2.24, 2.45) is 0 Å². The fourth-order valence-electron chi connectivity index (χ4n) is 2.17. The molecule has 1 atom stereocenters. The zero-order chi connectivity index (χ0) is 15.2. The lowest BCUT2D eigenvalue weighted by molar-refractivity contribution is 0.242. The van der Waals surface area contributed by atoms with Gasteiger partial charge in [0, 0.05) is 17.1 Å². The van der Waals surface area contributed by atoms with Crippen molar-refractivity contribution < 1.29 is 4.74 Å². The summed E-state index contributed by atoms with van der Waals surface area (Å²) in [6.45, 7) is 7.09. The highest BCUT2D eigenvalue weighted by atomic mass is 79.9. The molecule has 0 radical (unpaired) electrons. The average Bonchev–Trinajstić information content (AvgIpc) is 2.46. The Bertz CT molecular complexity index is 566. The van der Waals surface area contributed by atoms with Gasteiger partial charge < -0.3 is 10.1 Å². The van der Waals surface area contributed by atoms with Crippen LogP contribution < -0.4 is 10.1 Å². The second-order valence-corrected chi connectivity index (χ2v) is 6.29. The van der Waals surface area contributed by atoms with E-state index in [2.05, 4.69) is 58.5 Å². The molecule has 3 heteroatoms. The van der Waals surface area contributed by atoms with Crippen LogP contribution in [0.15, 0.2) is 53.0 Å². The van der Waals surface area contributed by atoms with Crippen molar-refractivity contribution in [3.8, 4) is 5.75 Å². The van der Waals surface area contributed by atoms with Crippen molar-refractivity contribution in [3.63, 3.8) is 0 Å². The molecule has 0 spiro atoms. The van der Waals surface area contributed by atoms with Crippen LogP contribution in [0.25, 0.3) is 0 Å². The van der Waals surface area contributed by atoms with Crippen molar-refractivity contribution in [1.29, 1.82) is 0 Å². The number of benzene rings is 2. The van der Waals surface area contributed by atoms with E-state index in [0.717, 1.165) is 16.8 Å². The third kappa shape index (κ3) is 4.87. The van der Waals surface area contributed by atoms with Crippen LogP contribution in [0.1, 0.15) is 37.9 Å². The molecule has 2 rings (SSSR count). The summed E-state index contributed by atoms with van der Waals surface area (Å²) >= 11 is 3.60. The normalized spacial score (nSPS) is 12.4. The molecule has 2 aromatic rings. The van der Waals surface area contributed by atoms with Crippen molar-refractivity contribution in [1.82, 2.24) is 5.32 Å². The highest BCUT2D eigenvalue weighted by Gasteiger charge is 2.08. The Hall–Kier alpha value is -1.32. The molecule has 1 unspecified atom stereocenters. The van der Waals surface area contributed by atoms with Gasteiger partial charge in [0.05, 0.1) is 6.10 Å². The molecule has 1 N–H and O–H groups in total. The van der Waals surface area contributed by atoms with E-state index in [4.69, 9.17) is 4.74 Å². The molecule has 112 valence electrons. The Balaban J connectivity index is 1.92. The van der Waals surface area contributed by atoms with Gasteiger partial charge >= 0.3 is 0 Å². The molecule has 0 saturated carbocycles. The molecule has 21 heavy (non-hydrogen) atoms. The van der Waals surface area contributed by atoms with E-state index in [1.807, 2.05) is 32.0 Å². The first kappa shape index (κ1) is 16.1. The van der Waals surface area contributed by atoms with Crippen LogP contribution in [0.4, 0.5) is 0 Å². The summed E-state index contributed by atoms with van der Waals surface area (Å²) in [5, 5.41) is 3.55. The monoisotopic (exact) mass is 347 g/mol. The van der Waals surface area contributed by atoms with Gasteiger partial charge in [-0.05, 0) is 50.1 Å². The molecule has 0 bridgehead atoms. The Labute approximate surface area is 135 Å². The van der Waals surface area contributed by atoms with E-state index in [9.17, 15) is 0 Å². The summed E-state index contributed by atoms with van der Waals surface area (Å²) in [6.07, 6.45) is 0.212. The molecular formula is C18H22BrNO. The second-order valence-electron chi connectivity index (χ2n) is 5.43. The first-order valence-electron chi connectivity index (χ1n) is 7.29. The van der Waals surface area contributed by atoms with Gasteiger partial charge in [0.2, 0.25) is 0 Å². The van der Waals surface area contributed by atoms with E-state index < -0.39 is 0 Å². The maximum Gasteiger partial charge on any atom is 0.119 e. The summed E-state index contributed by atoms with van der Waals surface area (Å²) in [5.74, 6) is 0.924. The quantitative estimate of drug-likeness (QED) is 0.785. The van der Waals surface area contributed by atoms with Gasteiger partial charge in [0.1, 0.15) is 5.75 Å². The maximum absolute atomic E-state index is 5.65. The number of halogens is 1. The average molecular weight is 348 g/mol. The smallest absolute Gasteiger partial charge is 0.119 e. The van der Waals surface area contributed by atoms with Crippen molar-refractivity contribution in [3.05, 3.63) is 64.1 Å². The highest BCUT2D eigenvalue weighted by Crippen LogP contribution is 2.23. The summed E-state index contributed by atoms with van der Waals surface area (Å²) < 4.78 is 6.80. The van der Waals surface area contributed by atoms with Gasteiger partial charge in [-0.1, -0.05) is 46.3 Å². The minimum Gasteiger partial charge on any atom is -0.491 e. The van der Waals surface area contributed by atoms with Crippen LogP contribution in [-0.2, 0) is 6.54 Å². The molecule has 2 nitrogen and oxygen atoms in total. The third-order valence-corrected chi connectivity index (χ3v) is 4.00. The predicted octanol–water partition coefficient (Wildman–Crippen LogP) is 5.09. The fraction of sp³-hybridized carbons (Fsp3) is 0.333. The molecule has 0 amide bonds. The number of hydrogen-bond donors (Lipinski definition) is 1. The van der Waals surface area contributed by atoms with Gasteiger partial charge in [-0.3, -0.25) is 0 Å².